The van der Waals surface area contributed by atoms with Gasteiger partial charge in [-0.25, -0.2) is 0 Å². The Hall–Kier alpha value is -2.08. The first-order chi connectivity index (χ1) is 9.58. The zero-order valence-corrected chi connectivity index (χ0v) is 11.8. The lowest BCUT2D eigenvalue weighted by Gasteiger charge is -2.05. The fraction of sp³-hybridized carbons (Fsp3) is 0.286. The largest absolute Gasteiger partial charge is 0.481 e. The SMILES string of the molecule is Cc1coc(CC(=O)O)c1C(=O)NCCc1ccsc1. The molecule has 0 spiro atoms. The van der Waals surface area contributed by atoms with Crippen LogP contribution in [0.4, 0.5) is 0 Å². The number of carboxylic acids is 1. The first kappa shape index (κ1) is 14.3. The summed E-state index contributed by atoms with van der Waals surface area (Å²) < 4.78 is 5.14. The molecule has 0 unspecified atom stereocenters. The number of furan rings is 1. The Morgan fingerprint density at radius 3 is 2.90 bits per heavy atom. The van der Waals surface area contributed by atoms with E-state index in [1.807, 2.05) is 16.8 Å². The van der Waals surface area contributed by atoms with Crippen LogP contribution in [0.5, 0.6) is 0 Å². The molecule has 0 radical (unpaired) electrons. The van der Waals surface area contributed by atoms with Crippen molar-refractivity contribution in [3.05, 3.63) is 45.5 Å². The van der Waals surface area contributed by atoms with Gasteiger partial charge in [-0.1, -0.05) is 0 Å². The van der Waals surface area contributed by atoms with Gasteiger partial charge in [0.1, 0.15) is 12.2 Å². The molecule has 2 N–H and O–H groups in total. The first-order valence-corrected chi connectivity index (χ1v) is 7.10. The van der Waals surface area contributed by atoms with E-state index in [9.17, 15) is 9.59 Å². The van der Waals surface area contributed by atoms with Crippen LogP contribution in [0.15, 0.2) is 27.5 Å². The number of nitrogens with one attached hydrogen (secondary N) is 1. The zero-order valence-electron chi connectivity index (χ0n) is 11.0. The van der Waals surface area contributed by atoms with E-state index >= 15 is 0 Å². The van der Waals surface area contributed by atoms with Crippen LogP contribution in [0.25, 0.3) is 0 Å². The van der Waals surface area contributed by atoms with Gasteiger partial charge in [0.15, 0.2) is 0 Å². The van der Waals surface area contributed by atoms with Gasteiger partial charge in [0.05, 0.1) is 11.8 Å². The maximum absolute atomic E-state index is 12.1. The lowest BCUT2D eigenvalue weighted by Crippen LogP contribution is -2.27. The molecule has 1 amide bonds. The monoisotopic (exact) mass is 293 g/mol. The molecule has 0 aliphatic rings. The van der Waals surface area contributed by atoms with Crippen LogP contribution in [-0.4, -0.2) is 23.5 Å². The van der Waals surface area contributed by atoms with Crippen molar-refractivity contribution in [2.24, 2.45) is 0 Å². The molecule has 0 fully saturated rings. The van der Waals surface area contributed by atoms with Crippen molar-refractivity contribution in [2.45, 2.75) is 19.8 Å². The zero-order chi connectivity index (χ0) is 14.5. The maximum atomic E-state index is 12.1. The van der Waals surface area contributed by atoms with Crippen molar-refractivity contribution >= 4 is 23.2 Å². The molecule has 0 aromatic carbocycles. The highest BCUT2D eigenvalue weighted by molar-refractivity contribution is 7.07. The summed E-state index contributed by atoms with van der Waals surface area (Å²) in [6, 6.07) is 2.01. The highest BCUT2D eigenvalue weighted by Gasteiger charge is 2.20. The number of thiophene rings is 1. The van der Waals surface area contributed by atoms with Crippen LogP contribution in [0, 0.1) is 6.92 Å². The van der Waals surface area contributed by atoms with Gasteiger partial charge in [-0.15, -0.1) is 0 Å². The molecule has 5 nitrogen and oxygen atoms in total. The molecule has 0 saturated carbocycles. The third-order valence-electron chi connectivity index (χ3n) is 2.87. The smallest absolute Gasteiger partial charge is 0.311 e. The Labute approximate surface area is 120 Å². The summed E-state index contributed by atoms with van der Waals surface area (Å²) in [6.45, 7) is 2.23. The molecule has 2 rings (SSSR count). The van der Waals surface area contributed by atoms with Gasteiger partial charge in [-0.3, -0.25) is 9.59 Å². The molecule has 106 valence electrons. The standard InChI is InChI=1S/C14H15NO4S/c1-9-7-19-11(6-12(16)17)13(9)14(18)15-4-2-10-3-5-20-8-10/h3,5,7-8H,2,4,6H2,1H3,(H,15,18)(H,16,17). The van der Waals surface area contributed by atoms with Gasteiger partial charge >= 0.3 is 5.97 Å². The minimum Gasteiger partial charge on any atom is -0.481 e. The van der Waals surface area contributed by atoms with Gasteiger partial charge < -0.3 is 14.8 Å². The van der Waals surface area contributed by atoms with E-state index in [1.54, 1.807) is 18.3 Å². The quantitative estimate of drug-likeness (QED) is 0.856. The molecule has 20 heavy (non-hydrogen) atoms. The summed E-state index contributed by atoms with van der Waals surface area (Å²) in [4.78, 5) is 22.8. The number of carbonyl (C=O) groups is 2. The Bertz CT molecular complexity index is 601. The molecule has 6 heteroatoms. The molecular weight excluding hydrogens is 278 g/mol. The number of aryl methyl sites for hydroxylation is 1. The van der Waals surface area contributed by atoms with Crippen LogP contribution in [0.1, 0.15) is 27.2 Å². The summed E-state index contributed by atoms with van der Waals surface area (Å²) in [7, 11) is 0. The van der Waals surface area contributed by atoms with Crippen molar-refractivity contribution in [2.75, 3.05) is 6.54 Å². The number of hydrogen-bond acceptors (Lipinski definition) is 4. The number of carbonyl (C=O) groups excluding carboxylic acids is 1. The molecule has 0 atom stereocenters. The number of rotatable bonds is 6. The van der Waals surface area contributed by atoms with E-state index in [0.29, 0.717) is 17.7 Å². The van der Waals surface area contributed by atoms with E-state index in [-0.39, 0.29) is 18.1 Å². The molecule has 0 bridgehead atoms. The predicted molar refractivity (Wildman–Crippen MR) is 75.1 cm³/mol. The van der Waals surface area contributed by atoms with E-state index < -0.39 is 5.97 Å². The van der Waals surface area contributed by atoms with Gasteiger partial charge in [0.2, 0.25) is 0 Å². The summed E-state index contributed by atoms with van der Waals surface area (Å²) in [6.07, 6.45) is 1.87. The van der Waals surface area contributed by atoms with E-state index in [1.165, 1.54) is 11.8 Å². The molecule has 0 aliphatic carbocycles. The van der Waals surface area contributed by atoms with Crippen LogP contribution in [0.2, 0.25) is 0 Å². The second-order valence-electron chi connectivity index (χ2n) is 4.42. The summed E-state index contributed by atoms with van der Waals surface area (Å²) in [5.74, 6) is -1.11. The van der Waals surface area contributed by atoms with Crippen molar-refractivity contribution < 1.29 is 19.1 Å². The Morgan fingerprint density at radius 1 is 1.45 bits per heavy atom. The second-order valence-corrected chi connectivity index (χ2v) is 5.20. The second kappa shape index (κ2) is 6.38. The van der Waals surface area contributed by atoms with Crippen LogP contribution in [0.3, 0.4) is 0 Å². The van der Waals surface area contributed by atoms with Crippen molar-refractivity contribution in [1.29, 1.82) is 0 Å². The van der Waals surface area contributed by atoms with E-state index in [2.05, 4.69) is 5.32 Å². The Kier molecular flexibility index (Phi) is 4.57. The molecule has 2 aromatic heterocycles. The molecule has 0 aliphatic heterocycles. The van der Waals surface area contributed by atoms with Crippen molar-refractivity contribution in [3.8, 4) is 0 Å². The number of amides is 1. The Balaban J connectivity index is 1.98. The molecule has 2 heterocycles. The predicted octanol–water partition coefficient (Wildman–Crippen LogP) is 2.25. The highest BCUT2D eigenvalue weighted by Crippen LogP contribution is 2.17. The third-order valence-corrected chi connectivity index (χ3v) is 3.60. The highest BCUT2D eigenvalue weighted by atomic mass is 32.1. The normalized spacial score (nSPS) is 10.4. The van der Waals surface area contributed by atoms with E-state index in [4.69, 9.17) is 9.52 Å². The van der Waals surface area contributed by atoms with E-state index in [0.717, 1.165) is 6.42 Å². The number of aliphatic carboxylic acids is 1. The van der Waals surface area contributed by atoms with Gasteiger partial charge in [0.25, 0.3) is 5.91 Å². The molecule has 0 saturated heterocycles. The van der Waals surface area contributed by atoms with Crippen LogP contribution in [-0.2, 0) is 17.6 Å². The van der Waals surface area contributed by atoms with Gasteiger partial charge in [-0.05, 0) is 35.7 Å². The number of hydrogen-bond donors (Lipinski definition) is 2. The fourth-order valence-corrected chi connectivity index (χ4v) is 2.62. The number of carboxylic acid groups (broad SMARTS) is 1. The average molecular weight is 293 g/mol. The first-order valence-electron chi connectivity index (χ1n) is 6.16. The summed E-state index contributed by atoms with van der Waals surface area (Å²) in [5.41, 5.74) is 2.15. The Morgan fingerprint density at radius 2 is 2.25 bits per heavy atom. The minimum absolute atomic E-state index is 0.197. The fourth-order valence-electron chi connectivity index (χ4n) is 1.91. The summed E-state index contributed by atoms with van der Waals surface area (Å²) >= 11 is 1.61. The van der Waals surface area contributed by atoms with Crippen molar-refractivity contribution in [1.82, 2.24) is 5.32 Å². The van der Waals surface area contributed by atoms with Crippen molar-refractivity contribution in [3.63, 3.8) is 0 Å². The maximum Gasteiger partial charge on any atom is 0.311 e. The lowest BCUT2D eigenvalue weighted by molar-refractivity contribution is -0.136. The third kappa shape index (κ3) is 3.48. The average Bonchev–Trinajstić information content (AvgIpc) is 2.99. The molecular formula is C14H15NO4S. The topological polar surface area (TPSA) is 79.5 Å². The molecule has 2 aromatic rings. The minimum atomic E-state index is -1.02. The van der Waals surface area contributed by atoms with Crippen LogP contribution < -0.4 is 5.32 Å². The lowest BCUT2D eigenvalue weighted by atomic mass is 10.1. The summed E-state index contributed by atoms with van der Waals surface area (Å²) in [5, 5.41) is 15.6. The van der Waals surface area contributed by atoms with Gasteiger partial charge in [0, 0.05) is 12.1 Å². The van der Waals surface area contributed by atoms with Gasteiger partial charge in [-0.2, -0.15) is 11.3 Å². The van der Waals surface area contributed by atoms with Crippen LogP contribution >= 0.6 is 11.3 Å².